The molecule has 0 aromatic carbocycles. The number of nitrogens with one attached hydrogen (secondary N) is 1. The largest absolute Gasteiger partial charge is 0.342 e. The zero-order chi connectivity index (χ0) is 20.3. The van der Waals surface area contributed by atoms with E-state index in [4.69, 9.17) is 0 Å². The Hall–Kier alpha value is -2.21. The van der Waals surface area contributed by atoms with E-state index in [0.717, 1.165) is 18.4 Å². The fourth-order valence-corrected chi connectivity index (χ4v) is 4.73. The Kier molecular flexibility index (Phi) is 6.18. The number of likely N-dealkylation sites (N-methyl/N-ethyl adjacent to an activating group) is 1. The summed E-state index contributed by atoms with van der Waals surface area (Å²) < 4.78 is 0. The summed E-state index contributed by atoms with van der Waals surface area (Å²) in [6.07, 6.45) is 6.70. The second-order valence-corrected chi connectivity index (χ2v) is 9.80. The number of aromatic nitrogens is 1. The lowest BCUT2D eigenvalue weighted by molar-refractivity contribution is -0.129. The van der Waals surface area contributed by atoms with E-state index < -0.39 is 0 Å². The molecule has 0 radical (unpaired) electrons. The Bertz CT molecular complexity index is 839. The molecule has 3 rings (SSSR count). The van der Waals surface area contributed by atoms with Crippen LogP contribution >= 0.6 is 11.3 Å². The first-order valence-corrected chi connectivity index (χ1v) is 10.6. The summed E-state index contributed by atoms with van der Waals surface area (Å²) in [5.74, 6) is 0.370. The summed E-state index contributed by atoms with van der Waals surface area (Å²) in [5, 5.41) is 2.78. The molecule has 2 aromatic rings. The first-order valence-electron chi connectivity index (χ1n) is 9.76. The van der Waals surface area contributed by atoms with Crippen molar-refractivity contribution in [2.45, 2.75) is 46.6 Å². The number of thiophene rings is 1. The average molecular weight is 400 g/mol. The minimum Gasteiger partial charge on any atom is -0.342 e. The van der Waals surface area contributed by atoms with Gasteiger partial charge < -0.3 is 10.2 Å². The quantitative estimate of drug-likeness (QED) is 0.834. The van der Waals surface area contributed by atoms with Gasteiger partial charge in [-0.1, -0.05) is 26.8 Å². The number of rotatable bonds is 5. The van der Waals surface area contributed by atoms with Crippen molar-refractivity contribution < 1.29 is 9.59 Å². The van der Waals surface area contributed by atoms with Crippen LogP contribution in [-0.2, 0) is 24.2 Å². The smallest absolute Gasteiger partial charge is 0.261 e. The summed E-state index contributed by atoms with van der Waals surface area (Å²) >= 11 is 1.57. The molecule has 150 valence electrons. The van der Waals surface area contributed by atoms with Gasteiger partial charge in [0.25, 0.3) is 5.91 Å². The van der Waals surface area contributed by atoms with E-state index in [-0.39, 0.29) is 23.8 Å². The fourth-order valence-electron chi connectivity index (χ4n) is 3.61. The number of pyridine rings is 1. The first-order chi connectivity index (χ1) is 13.2. The van der Waals surface area contributed by atoms with Crippen LogP contribution < -0.4 is 5.32 Å². The molecule has 1 unspecified atom stereocenters. The number of amides is 2. The third-order valence-electron chi connectivity index (χ3n) is 5.50. The van der Waals surface area contributed by atoms with Gasteiger partial charge in [0.15, 0.2) is 0 Å². The van der Waals surface area contributed by atoms with Gasteiger partial charge in [0.2, 0.25) is 5.91 Å². The van der Waals surface area contributed by atoms with Crippen molar-refractivity contribution in [3.8, 4) is 0 Å². The molecular formula is C22H29N3O2S. The standard InChI is InChI=1S/C22H29N3O2S/c1-22(2,3)17-7-8-18-16(10-17)11-19(28-18)21(27)24-13-20(26)25(4)14-15-6-5-9-23-12-15/h5-6,9,11-12,17H,7-8,10,13-14H2,1-4H3,(H,24,27). The Balaban J connectivity index is 1.54. The monoisotopic (exact) mass is 399 g/mol. The molecule has 0 spiro atoms. The minimum absolute atomic E-state index is 0.00276. The Labute approximate surface area is 171 Å². The average Bonchev–Trinajstić information content (AvgIpc) is 3.09. The van der Waals surface area contributed by atoms with Gasteiger partial charge >= 0.3 is 0 Å². The van der Waals surface area contributed by atoms with E-state index in [0.29, 0.717) is 17.3 Å². The van der Waals surface area contributed by atoms with E-state index in [1.165, 1.54) is 16.9 Å². The van der Waals surface area contributed by atoms with E-state index >= 15 is 0 Å². The lowest BCUT2D eigenvalue weighted by Gasteiger charge is -2.33. The van der Waals surface area contributed by atoms with E-state index in [1.807, 2.05) is 18.2 Å². The number of aryl methyl sites for hydroxylation is 1. The van der Waals surface area contributed by atoms with Crippen molar-refractivity contribution in [1.29, 1.82) is 0 Å². The number of hydrogen-bond donors (Lipinski definition) is 1. The molecule has 1 atom stereocenters. The van der Waals surface area contributed by atoms with Crippen LogP contribution in [0.4, 0.5) is 0 Å². The van der Waals surface area contributed by atoms with Crippen LogP contribution in [0.3, 0.4) is 0 Å². The molecular weight excluding hydrogens is 370 g/mol. The maximum atomic E-state index is 12.5. The van der Waals surface area contributed by atoms with E-state index in [9.17, 15) is 9.59 Å². The topological polar surface area (TPSA) is 62.3 Å². The summed E-state index contributed by atoms with van der Waals surface area (Å²) in [4.78, 5) is 32.6. The number of carbonyl (C=O) groups excluding carboxylic acids is 2. The molecule has 0 aliphatic heterocycles. The summed E-state index contributed by atoms with van der Waals surface area (Å²) in [7, 11) is 1.73. The third-order valence-corrected chi connectivity index (χ3v) is 6.74. The van der Waals surface area contributed by atoms with Crippen molar-refractivity contribution in [3.63, 3.8) is 0 Å². The maximum absolute atomic E-state index is 12.5. The molecule has 1 aliphatic rings. The molecule has 0 fully saturated rings. The highest BCUT2D eigenvalue weighted by molar-refractivity contribution is 7.14. The van der Waals surface area contributed by atoms with Crippen molar-refractivity contribution in [1.82, 2.24) is 15.2 Å². The Morgan fingerprint density at radius 3 is 2.82 bits per heavy atom. The van der Waals surface area contributed by atoms with Crippen LogP contribution in [0.1, 0.15) is 52.9 Å². The zero-order valence-corrected chi connectivity index (χ0v) is 17.9. The van der Waals surface area contributed by atoms with E-state index in [1.54, 1.807) is 35.7 Å². The molecule has 6 heteroatoms. The molecule has 2 amide bonds. The SMILES string of the molecule is CN(Cc1cccnc1)C(=O)CNC(=O)c1cc2c(s1)CCC(C(C)(C)C)C2. The van der Waals surface area contributed by atoms with Crippen LogP contribution in [0.5, 0.6) is 0 Å². The van der Waals surface area contributed by atoms with Crippen LogP contribution in [0, 0.1) is 11.3 Å². The number of hydrogen-bond acceptors (Lipinski definition) is 4. The molecule has 0 saturated heterocycles. The first kappa shape index (κ1) is 20.5. The van der Waals surface area contributed by atoms with Gasteiger partial charge in [-0.25, -0.2) is 0 Å². The second kappa shape index (κ2) is 8.43. The van der Waals surface area contributed by atoms with Crippen molar-refractivity contribution in [3.05, 3.63) is 51.5 Å². The molecule has 1 aliphatic carbocycles. The van der Waals surface area contributed by atoms with Crippen LogP contribution in [0.15, 0.2) is 30.6 Å². The Morgan fingerprint density at radius 2 is 2.14 bits per heavy atom. The van der Waals surface area contributed by atoms with Gasteiger partial charge in [-0.2, -0.15) is 0 Å². The van der Waals surface area contributed by atoms with Crippen molar-refractivity contribution >= 4 is 23.2 Å². The highest BCUT2D eigenvalue weighted by Gasteiger charge is 2.30. The summed E-state index contributed by atoms with van der Waals surface area (Å²) in [5.41, 5.74) is 2.55. The van der Waals surface area contributed by atoms with Gasteiger partial charge in [0.1, 0.15) is 0 Å². The molecule has 28 heavy (non-hydrogen) atoms. The highest BCUT2D eigenvalue weighted by atomic mass is 32.1. The van der Waals surface area contributed by atoms with E-state index in [2.05, 4.69) is 31.1 Å². The summed E-state index contributed by atoms with van der Waals surface area (Å²) in [6.45, 7) is 7.34. The van der Waals surface area contributed by atoms with Gasteiger partial charge in [0, 0.05) is 30.9 Å². The van der Waals surface area contributed by atoms with Crippen LogP contribution in [0.2, 0.25) is 0 Å². The fraction of sp³-hybridized carbons (Fsp3) is 0.500. The van der Waals surface area contributed by atoms with Gasteiger partial charge in [0.05, 0.1) is 11.4 Å². The predicted octanol–water partition coefficient (Wildman–Crippen LogP) is 3.68. The number of fused-ring (bicyclic) bond motifs is 1. The maximum Gasteiger partial charge on any atom is 0.261 e. The lowest BCUT2D eigenvalue weighted by atomic mass is 9.72. The predicted molar refractivity (Wildman–Crippen MR) is 112 cm³/mol. The lowest BCUT2D eigenvalue weighted by Crippen LogP contribution is -2.37. The molecule has 0 bridgehead atoms. The van der Waals surface area contributed by atoms with Crippen molar-refractivity contribution in [2.24, 2.45) is 11.3 Å². The highest BCUT2D eigenvalue weighted by Crippen LogP contribution is 2.40. The van der Waals surface area contributed by atoms with Crippen LogP contribution in [-0.4, -0.2) is 35.3 Å². The van der Waals surface area contributed by atoms with Gasteiger partial charge in [-0.3, -0.25) is 14.6 Å². The molecule has 2 heterocycles. The number of carbonyl (C=O) groups is 2. The van der Waals surface area contributed by atoms with Gasteiger partial charge in [-0.15, -0.1) is 11.3 Å². The molecule has 2 aromatic heterocycles. The summed E-state index contributed by atoms with van der Waals surface area (Å²) in [6, 6.07) is 5.80. The van der Waals surface area contributed by atoms with Gasteiger partial charge in [-0.05, 0) is 53.9 Å². The van der Waals surface area contributed by atoms with Crippen molar-refractivity contribution in [2.75, 3.05) is 13.6 Å². The molecule has 5 nitrogen and oxygen atoms in total. The second-order valence-electron chi connectivity index (χ2n) is 8.66. The number of nitrogens with zero attached hydrogens (tertiary/aromatic N) is 2. The van der Waals surface area contributed by atoms with Crippen LogP contribution in [0.25, 0.3) is 0 Å². The Morgan fingerprint density at radius 1 is 1.36 bits per heavy atom. The normalized spacial score (nSPS) is 16.4. The zero-order valence-electron chi connectivity index (χ0n) is 17.1. The third kappa shape index (κ3) is 4.98. The molecule has 1 N–H and O–H groups in total. The minimum atomic E-state index is -0.158. The molecule has 0 saturated carbocycles.